The highest BCUT2D eigenvalue weighted by Crippen LogP contribution is 2.29. The fourth-order valence-corrected chi connectivity index (χ4v) is 4.51. The number of aromatic nitrogens is 1. The Labute approximate surface area is 183 Å². The predicted octanol–water partition coefficient (Wildman–Crippen LogP) is 3.90. The second-order valence-corrected chi connectivity index (χ2v) is 8.31. The van der Waals surface area contributed by atoms with E-state index in [1.807, 2.05) is 6.92 Å². The number of nitrogens with one attached hydrogen (secondary N) is 1. The molecule has 164 valence electrons. The van der Waals surface area contributed by atoms with E-state index < -0.39 is 0 Å². The number of hydrogen-bond donors (Lipinski definition) is 1. The summed E-state index contributed by atoms with van der Waals surface area (Å²) in [6.45, 7) is 4.79. The molecule has 31 heavy (non-hydrogen) atoms. The quantitative estimate of drug-likeness (QED) is 0.656. The molecular weight excluding hydrogens is 390 g/mol. The molecule has 0 aliphatic carbocycles. The summed E-state index contributed by atoms with van der Waals surface area (Å²) in [5, 5.41) is 4.52. The SMILES string of the molecule is COc1cc(C(=O)NC2CCN(Cc3cn(C)c4ccccc34)CC2)cc(OC)c1C. The van der Waals surface area contributed by atoms with Gasteiger partial charge in [0.05, 0.1) is 14.2 Å². The molecule has 0 bridgehead atoms. The van der Waals surface area contributed by atoms with Crippen molar-refractivity contribution in [1.82, 2.24) is 14.8 Å². The number of methoxy groups -OCH3 is 2. The first kappa shape index (κ1) is 21.2. The number of aryl methyl sites for hydroxylation is 1. The Morgan fingerprint density at radius 1 is 1.10 bits per heavy atom. The lowest BCUT2D eigenvalue weighted by molar-refractivity contribution is 0.0908. The van der Waals surface area contributed by atoms with Crippen LogP contribution in [0.15, 0.2) is 42.6 Å². The maximum atomic E-state index is 12.8. The first-order valence-electron chi connectivity index (χ1n) is 10.8. The number of para-hydroxylation sites is 1. The third-order valence-corrected chi connectivity index (χ3v) is 6.31. The molecule has 2 aromatic carbocycles. The molecule has 0 spiro atoms. The van der Waals surface area contributed by atoms with Crippen LogP contribution in [0, 0.1) is 6.92 Å². The van der Waals surface area contributed by atoms with Crippen molar-refractivity contribution in [3.63, 3.8) is 0 Å². The highest BCUT2D eigenvalue weighted by atomic mass is 16.5. The minimum Gasteiger partial charge on any atom is -0.496 e. The molecule has 0 atom stereocenters. The van der Waals surface area contributed by atoms with E-state index in [1.54, 1.807) is 26.4 Å². The topological polar surface area (TPSA) is 55.7 Å². The van der Waals surface area contributed by atoms with Crippen LogP contribution in [0.1, 0.15) is 34.3 Å². The van der Waals surface area contributed by atoms with E-state index in [0.717, 1.165) is 38.0 Å². The maximum absolute atomic E-state index is 12.8. The number of fused-ring (bicyclic) bond motifs is 1. The van der Waals surface area contributed by atoms with Crippen molar-refractivity contribution in [1.29, 1.82) is 0 Å². The Balaban J connectivity index is 1.36. The first-order chi connectivity index (χ1) is 15.0. The number of likely N-dealkylation sites (tertiary alicyclic amines) is 1. The molecule has 1 aliphatic rings. The number of amides is 1. The highest BCUT2D eigenvalue weighted by Gasteiger charge is 2.23. The molecule has 6 heteroatoms. The smallest absolute Gasteiger partial charge is 0.251 e. The van der Waals surface area contributed by atoms with Gasteiger partial charge in [0, 0.05) is 61.0 Å². The molecular formula is C25H31N3O3. The van der Waals surface area contributed by atoms with Crippen LogP contribution in [0.4, 0.5) is 0 Å². The number of carbonyl (C=O) groups excluding carboxylic acids is 1. The van der Waals surface area contributed by atoms with E-state index in [9.17, 15) is 4.79 Å². The van der Waals surface area contributed by atoms with E-state index >= 15 is 0 Å². The van der Waals surface area contributed by atoms with E-state index in [4.69, 9.17) is 9.47 Å². The van der Waals surface area contributed by atoms with Crippen LogP contribution in [0.25, 0.3) is 10.9 Å². The van der Waals surface area contributed by atoms with Gasteiger partial charge in [-0.15, -0.1) is 0 Å². The lowest BCUT2D eigenvalue weighted by Gasteiger charge is -2.32. The van der Waals surface area contributed by atoms with Crippen LogP contribution < -0.4 is 14.8 Å². The molecule has 1 amide bonds. The number of carbonyl (C=O) groups is 1. The van der Waals surface area contributed by atoms with Crippen molar-refractivity contribution in [3.8, 4) is 11.5 Å². The molecule has 1 saturated heterocycles. The molecule has 6 nitrogen and oxygen atoms in total. The number of piperidine rings is 1. The Hall–Kier alpha value is -2.99. The molecule has 3 aromatic rings. The monoisotopic (exact) mass is 421 g/mol. The van der Waals surface area contributed by atoms with Gasteiger partial charge >= 0.3 is 0 Å². The number of rotatable bonds is 6. The zero-order chi connectivity index (χ0) is 22.0. The van der Waals surface area contributed by atoms with Crippen molar-refractivity contribution >= 4 is 16.8 Å². The summed E-state index contributed by atoms with van der Waals surface area (Å²) in [5.41, 5.74) is 4.09. The van der Waals surface area contributed by atoms with Crippen LogP contribution in [0.2, 0.25) is 0 Å². The zero-order valence-electron chi connectivity index (χ0n) is 18.8. The van der Waals surface area contributed by atoms with E-state index in [1.165, 1.54) is 16.5 Å². The van der Waals surface area contributed by atoms with Crippen molar-refractivity contribution in [2.24, 2.45) is 7.05 Å². The summed E-state index contributed by atoms with van der Waals surface area (Å²) < 4.78 is 13.0. The van der Waals surface area contributed by atoms with Crippen LogP contribution in [-0.4, -0.2) is 48.7 Å². The van der Waals surface area contributed by atoms with Gasteiger partial charge in [-0.1, -0.05) is 18.2 Å². The number of hydrogen-bond acceptors (Lipinski definition) is 4. The summed E-state index contributed by atoms with van der Waals surface area (Å²) >= 11 is 0. The summed E-state index contributed by atoms with van der Waals surface area (Å²) in [4.78, 5) is 15.3. The Morgan fingerprint density at radius 3 is 2.39 bits per heavy atom. The van der Waals surface area contributed by atoms with E-state index in [-0.39, 0.29) is 11.9 Å². The van der Waals surface area contributed by atoms with Crippen LogP contribution in [-0.2, 0) is 13.6 Å². The second kappa shape index (κ2) is 9.02. The van der Waals surface area contributed by atoms with Gasteiger partial charge in [0.2, 0.25) is 0 Å². The highest BCUT2D eigenvalue weighted by molar-refractivity contribution is 5.95. The summed E-state index contributed by atoms with van der Waals surface area (Å²) in [7, 11) is 5.31. The van der Waals surface area contributed by atoms with Crippen LogP contribution >= 0.6 is 0 Å². The average Bonchev–Trinajstić information content (AvgIpc) is 3.10. The van der Waals surface area contributed by atoms with Crippen molar-refractivity contribution < 1.29 is 14.3 Å². The maximum Gasteiger partial charge on any atom is 0.251 e. The average molecular weight is 422 g/mol. The minimum absolute atomic E-state index is 0.0795. The molecule has 1 N–H and O–H groups in total. The third-order valence-electron chi connectivity index (χ3n) is 6.31. The summed E-state index contributed by atoms with van der Waals surface area (Å²) in [6, 6.07) is 12.3. The molecule has 2 heterocycles. The first-order valence-corrected chi connectivity index (χ1v) is 10.8. The third kappa shape index (κ3) is 4.39. The molecule has 0 saturated carbocycles. The van der Waals surface area contributed by atoms with Crippen molar-refractivity contribution in [2.45, 2.75) is 32.4 Å². The van der Waals surface area contributed by atoms with Crippen molar-refractivity contribution in [3.05, 3.63) is 59.3 Å². The van der Waals surface area contributed by atoms with Crippen LogP contribution in [0.5, 0.6) is 11.5 Å². The molecule has 1 aromatic heterocycles. The Bertz CT molecular complexity index is 1060. The van der Waals surface area contributed by atoms with Gasteiger partial charge in [-0.2, -0.15) is 0 Å². The number of benzene rings is 2. The summed E-state index contributed by atoms with van der Waals surface area (Å²) in [5.74, 6) is 1.24. The molecule has 0 radical (unpaired) electrons. The molecule has 0 unspecified atom stereocenters. The van der Waals surface area contributed by atoms with Gasteiger partial charge in [0.25, 0.3) is 5.91 Å². The predicted molar refractivity (Wildman–Crippen MR) is 123 cm³/mol. The standard InChI is InChI=1S/C25H31N3O3/c1-17-23(30-3)13-18(14-24(17)31-4)25(29)26-20-9-11-28(12-10-20)16-19-15-27(2)22-8-6-5-7-21(19)22/h5-8,13-15,20H,9-12,16H2,1-4H3,(H,26,29). The minimum atomic E-state index is -0.0795. The molecule has 1 fully saturated rings. The Kier molecular flexibility index (Phi) is 6.18. The van der Waals surface area contributed by atoms with Gasteiger partial charge < -0.3 is 19.4 Å². The normalized spacial score (nSPS) is 15.2. The summed E-state index contributed by atoms with van der Waals surface area (Å²) in [6.07, 6.45) is 4.12. The van der Waals surface area contributed by atoms with E-state index in [0.29, 0.717) is 17.1 Å². The van der Waals surface area contributed by atoms with Gasteiger partial charge in [-0.3, -0.25) is 9.69 Å². The second-order valence-electron chi connectivity index (χ2n) is 8.31. The van der Waals surface area contributed by atoms with Gasteiger partial charge in [0.15, 0.2) is 0 Å². The fraction of sp³-hybridized carbons (Fsp3) is 0.400. The molecule has 1 aliphatic heterocycles. The van der Waals surface area contributed by atoms with Crippen LogP contribution in [0.3, 0.4) is 0 Å². The zero-order valence-corrected chi connectivity index (χ0v) is 18.8. The van der Waals surface area contributed by atoms with Gasteiger partial charge in [-0.25, -0.2) is 0 Å². The van der Waals surface area contributed by atoms with Gasteiger partial charge in [-0.05, 0) is 43.5 Å². The number of nitrogens with zero attached hydrogens (tertiary/aromatic N) is 2. The van der Waals surface area contributed by atoms with Crippen molar-refractivity contribution in [2.75, 3.05) is 27.3 Å². The lowest BCUT2D eigenvalue weighted by atomic mass is 10.0. The Morgan fingerprint density at radius 2 is 1.74 bits per heavy atom. The largest absolute Gasteiger partial charge is 0.496 e. The van der Waals surface area contributed by atoms with Gasteiger partial charge in [0.1, 0.15) is 11.5 Å². The van der Waals surface area contributed by atoms with E-state index in [2.05, 4.69) is 52.3 Å². The number of ether oxygens (including phenoxy) is 2. The fourth-order valence-electron chi connectivity index (χ4n) is 4.51. The lowest BCUT2D eigenvalue weighted by Crippen LogP contribution is -2.44. The molecule has 4 rings (SSSR count).